The standard InChI is InChI=1S/C26H24O5/c1-27-16-7-5-15(6-8-16)26-25-21-11-18(29-3)13-23(30-4)20(21)14-22(25)19-10-9-17(28-2)12-24(19)31-26/h5-14,25-26H,1-4H3/t25-,26+/m1/s1. The molecule has 5 nitrogen and oxygen atoms in total. The molecule has 0 fully saturated rings. The molecule has 0 aromatic heterocycles. The molecule has 3 aromatic carbocycles. The highest BCUT2D eigenvalue weighted by atomic mass is 16.5. The lowest BCUT2D eigenvalue weighted by Gasteiger charge is -2.34. The molecule has 2 aliphatic rings. The van der Waals surface area contributed by atoms with Crippen molar-refractivity contribution >= 4 is 11.6 Å². The summed E-state index contributed by atoms with van der Waals surface area (Å²) in [5, 5.41) is 0. The van der Waals surface area contributed by atoms with Crippen molar-refractivity contribution in [2.24, 2.45) is 0 Å². The zero-order chi connectivity index (χ0) is 21.5. The van der Waals surface area contributed by atoms with Gasteiger partial charge < -0.3 is 23.7 Å². The van der Waals surface area contributed by atoms with Gasteiger partial charge in [-0.15, -0.1) is 0 Å². The Labute approximate surface area is 181 Å². The third-order valence-corrected chi connectivity index (χ3v) is 6.07. The molecule has 0 unspecified atom stereocenters. The molecule has 0 radical (unpaired) electrons. The number of fused-ring (bicyclic) bond motifs is 5. The predicted octanol–water partition coefficient (Wildman–Crippen LogP) is 5.49. The van der Waals surface area contributed by atoms with E-state index in [4.69, 9.17) is 23.7 Å². The first-order valence-corrected chi connectivity index (χ1v) is 10.1. The van der Waals surface area contributed by atoms with Crippen LogP contribution >= 0.6 is 0 Å². The fourth-order valence-corrected chi connectivity index (χ4v) is 4.53. The second kappa shape index (κ2) is 7.58. The Bertz CT molecular complexity index is 1160. The summed E-state index contributed by atoms with van der Waals surface area (Å²) < 4.78 is 28.6. The molecule has 0 spiro atoms. The number of hydrogen-bond donors (Lipinski definition) is 0. The molecule has 2 atom stereocenters. The topological polar surface area (TPSA) is 46.2 Å². The molecule has 0 amide bonds. The quantitative estimate of drug-likeness (QED) is 0.550. The van der Waals surface area contributed by atoms with Crippen molar-refractivity contribution < 1.29 is 23.7 Å². The molecular formula is C26H24O5. The summed E-state index contributed by atoms with van der Waals surface area (Å²) in [5.74, 6) is 3.95. The normalized spacial score (nSPS) is 18.1. The smallest absolute Gasteiger partial charge is 0.135 e. The molecular weight excluding hydrogens is 392 g/mol. The summed E-state index contributed by atoms with van der Waals surface area (Å²) in [5.41, 5.74) is 5.53. The van der Waals surface area contributed by atoms with Crippen LogP contribution in [0, 0.1) is 0 Å². The fourth-order valence-electron chi connectivity index (χ4n) is 4.53. The first-order valence-electron chi connectivity index (χ1n) is 10.1. The maximum atomic E-state index is 6.61. The number of rotatable bonds is 5. The van der Waals surface area contributed by atoms with Gasteiger partial charge in [0.25, 0.3) is 0 Å². The summed E-state index contributed by atoms with van der Waals surface area (Å²) in [6.45, 7) is 0. The fraction of sp³-hybridized carbons (Fsp3) is 0.231. The van der Waals surface area contributed by atoms with Gasteiger partial charge in [0.2, 0.25) is 0 Å². The summed E-state index contributed by atoms with van der Waals surface area (Å²) in [7, 11) is 6.69. The molecule has 0 saturated carbocycles. The van der Waals surface area contributed by atoms with E-state index in [2.05, 4.69) is 30.3 Å². The minimum absolute atomic E-state index is 0.00768. The minimum atomic E-state index is -0.213. The van der Waals surface area contributed by atoms with Gasteiger partial charge in [0.15, 0.2) is 0 Å². The van der Waals surface area contributed by atoms with Crippen molar-refractivity contribution in [3.63, 3.8) is 0 Å². The van der Waals surface area contributed by atoms with Crippen LogP contribution in [0.15, 0.2) is 54.6 Å². The molecule has 31 heavy (non-hydrogen) atoms. The number of hydrogen-bond acceptors (Lipinski definition) is 5. The first kappa shape index (κ1) is 19.4. The Morgan fingerprint density at radius 1 is 0.710 bits per heavy atom. The van der Waals surface area contributed by atoms with Crippen LogP contribution in [0.5, 0.6) is 28.7 Å². The lowest BCUT2D eigenvalue weighted by molar-refractivity contribution is 0.182. The molecule has 0 saturated heterocycles. The van der Waals surface area contributed by atoms with E-state index in [1.165, 1.54) is 5.57 Å². The summed E-state index contributed by atoms with van der Waals surface area (Å²) in [6, 6.07) is 18.0. The number of ether oxygens (including phenoxy) is 5. The van der Waals surface area contributed by atoms with Gasteiger partial charge in [0.1, 0.15) is 34.9 Å². The highest BCUT2D eigenvalue weighted by molar-refractivity contribution is 5.96. The van der Waals surface area contributed by atoms with Gasteiger partial charge in [0, 0.05) is 23.3 Å². The lowest BCUT2D eigenvalue weighted by Crippen LogP contribution is -2.22. The van der Waals surface area contributed by atoms with Crippen molar-refractivity contribution in [1.82, 2.24) is 0 Å². The van der Waals surface area contributed by atoms with E-state index in [-0.39, 0.29) is 12.0 Å². The van der Waals surface area contributed by atoms with Crippen molar-refractivity contribution in [2.45, 2.75) is 12.0 Å². The summed E-state index contributed by atoms with van der Waals surface area (Å²) in [6.07, 6.45) is 2.00. The maximum absolute atomic E-state index is 6.61. The predicted molar refractivity (Wildman–Crippen MR) is 120 cm³/mol. The van der Waals surface area contributed by atoms with Gasteiger partial charge in [0.05, 0.1) is 34.4 Å². The van der Waals surface area contributed by atoms with Crippen LogP contribution in [0.1, 0.15) is 34.3 Å². The molecule has 1 heterocycles. The van der Waals surface area contributed by atoms with Crippen LogP contribution in [0.3, 0.4) is 0 Å². The van der Waals surface area contributed by atoms with E-state index in [0.29, 0.717) is 0 Å². The van der Waals surface area contributed by atoms with Gasteiger partial charge in [-0.1, -0.05) is 12.1 Å². The summed E-state index contributed by atoms with van der Waals surface area (Å²) >= 11 is 0. The largest absolute Gasteiger partial charge is 0.497 e. The van der Waals surface area contributed by atoms with Gasteiger partial charge in [-0.3, -0.25) is 0 Å². The van der Waals surface area contributed by atoms with Crippen LogP contribution in [0.4, 0.5) is 0 Å². The zero-order valence-electron chi connectivity index (χ0n) is 18.0. The molecule has 1 aliphatic carbocycles. The molecule has 5 rings (SSSR count). The second-order valence-electron chi connectivity index (χ2n) is 7.58. The highest BCUT2D eigenvalue weighted by Crippen LogP contribution is 2.57. The van der Waals surface area contributed by atoms with Crippen LogP contribution < -0.4 is 23.7 Å². The number of benzene rings is 3. The van der Waals surface area contributed by atoms with Crippen LogP contribution in [-0.2, 0) is 0 Å². The van der Waals surface area contributed by atoms with Crippen molar-refractivity contribution in [2.75, 3.05) is 28.4 Å². The molecule has 0 bridgehead atoms. The van der Waals surface area contributed by atoms with E-state index in [1.54, 1.807) is 28.4 Å². The van der Waals surface area contributed by atoms with E-state index < -0.39 is 0 Å². The zero-order valence-corrected chi connectivity index (χ0v) is 18.0. The third kappa shape index (κ3) is 3.08. The average Bonchev–Trinajstić information content (AvgIpc) is 3.22. The Morgan fingerprint density at radius 2 is 1.42 bits per heavy atom. The van der Waals surface area contributed by atoms with Crippen molar-refractivity contribution in [3.8, 4) is 28.7 Å². The maximum Gasteiger partial charge on any atom is 0.135 e. The lowest BCUT2D eigenvalue weighted by atomic mass is 9.81. The Hall–Kier alpha value is -3.60. The average molecular weight is 416 g/mol. The molecule has 3 aromatic rings. The van der Waals surface area contributed by atoms with Crippen molar-refractivity contribution in [3.05, 3.63) is 76.9 Å². The van der Waals surface area contributed by atoms with Crippen LogP contribution in [0.25, 0.3) is 11.6 Å². The Balaban J connectivity index is 1.71. The SMILES string of the molecule is COc1ccc([C@@H]2Oc3cc(OC)ccc3C3=Cc4c(OC)cc(OC)cc4[C@H]32)cc1. The van der Waals surface area contributed by atoms with Gasteiger partial charge in [-0.05, 0) is 53.1 Å². The molecule has 5 heteroatoms. The highest BCUT2D eigenvalue weighted by Gasteiger charge is 2.41. The van der Waals surface area contributed by atoms with Gasteiger partial charge in [-0.25, -0.2) is 0 Å². The second-order valence-corrected chi connectivity index (χ2v) is 7.58. The van der Waals surface area contributed by atoms with E-state index >= 15 is 0 Å². The van der Waals surface area contributed by atoms with Gasteiger partial charge in [-0.2, -0.15) is 0 Å². The van der Waals surface area contributed by atoms with Gasteiger partial charge >= 0.3 is 0 Å². The molecule has 1 aliphatic heterocycles. The van der Waals surface area contributed by atoms with E-state index in [9.17, 15) is 0 Å². The third-order valence-electron chi connectivity index (χ3n) is 6.07. The Kier molecular flexibility index (Phi) is 4.74. The molecule has 0 N–H and O–H groups in total. The summed E-state index contributed by atoms with van der Waals surface area (Å²) in [4.78, 5) is 0. The first-order chi connectivity index (χ1) is 15.2. The van der Waals surface area contributed by atoms with E-state index in [0.717, 1.165) is 51.0 Å². The van der Waals surface area contributed by atoms with Crippen LogP contribution in [0.2, 0.25) is 0 Å². The van der Waals surface area contributed by atoms with Crippen molar-refractivity contribution in [1.29, 1.82) is 0 Å². The monoisotopic (exact) mass is 416 g/mol. The minimum Gasteiger partial charge on any atom is -0.497 e. The van der Waals surface area contributed by atoms with Crippen LogP contribution in [-0.4, -0.2) is 28.4 Å². The molecule has 158 valence electrons. The van der Waals surface area contributed by atoms with E-state index in [1.807, 2.05) is 30.3 Å². The Morgan fingerprint density at radius 3 is 2.10 bits per heavy atom. The number of methoxy groups -OCH3 is 4.